The van der Waals surface area contributed by atoms with Crippen LogP contribution < -0.4 is 15.8 Å². The molecule has 6 atom stereocenters. The molecule has 3 fully saturated rings. The predicted molar refractivity (Wildman–Crippen MR) is 186 cm³/mol. The van der Waals surface area contributed by atoms with E-state index in [4.69, 9.17) is 11.6 Å². The van der Waals surface area contributed by atoms with Gasteiger partial charge in [0.15, 0.2) is 0 Å². The van der Waals surface area contributed by atoms with Crippen LogP contribution in [0.1, 0.15) is 29.9 Å². The van der Waals surface area contributed by atoms with Gasteiger partial charge in [-0.3, -0.25) is 29.5 Å². The van der Waals surface area contributed by atoms with E-state index in [1.165, 1.54) is 48.5 Å². The Morgan fingerprint density at radius 2 is 1.57 bits per heavy atom. The Kier molecular flexibility index (Phi) is 7.86. The van der Waals surface area contributed by atoms with Crippen molar-refractivity contribution >= 4 is 59.2 Å². The van der Waals surface area contributed by atoms with Crippen LogP contribution in [-0.4, -0.2) is 50.9 Å². The number of nitrogens with one attached hydrogen (secondary N) is 1. The molecule has 256 valence electrons. The van der Waals surface area contributed by atoms with Crippen molar-refractivity contribution in [2.24, 2.45) is 23.7 Å². The van der Waals surface area contributed by atoms with Crippen LogP contribution in [0.4, 0.5) is 15.8 Å². The predicted octanol–water partition coefficient (Wildman–Crippen LogP) is 4.05. The lowest BCUT2D eigenvalue weighted by Gasteiger charge is -2.50. The van der Waals surface area contributed by atoms with Gasteiger partial charge in [-0.25, -0.2) is 4.39 Å². The number of carbonyl (C=O) groups is 4. The third kappa shape index (κ3) is 4.92. The van der Waals surface area contributed by atoms with E-state index in [-0.39, 0.29) is 29.7 Å². The summed E-state index contributed by atoms with van der Waals surface area (Å²) in [4.78, 5) is 59.3. The van der Waals surface area contributed by atoms with Crippen molar-refractivity contribution in [2.75, 3.05) is 10.3 Å². The standard InChI is InChI=1S/C38H30BClFN3O7/c40-22-10-8-20(9-11-22)38-30(35(47)44(37(38)49)42-24-14-12-23(41)13-15-24)19-29-26(33(38)27-6-1-2-7-31(27)45)16-17-28-32(29)36(48)43(34(28)46)25-5-3-4-21(18-25)39(50)51/h1-16,18,28-30,32-33,42,45,50-51H,17,19H2/t28-,29+,30-,32-,33+,38+/m0/s1. The minimum absolute atomic E-state index is 0.0220. The molecule has 2 aliphatic heterocycles. The van der Waals surface area contributed by atoms with Gasteiger partial charge in [0, 0.05) is 16.5 Å². The number of aromatic hydroxyl groups is 1. The monoisotopic (exact) mass is 705 g/mol. The van der Waals surface area contributed by atoms with E-state index in [2.05, 4.69) is 5.43 Å². The van der Waals surface area contributed by atoms with Crippen molar-refractivity contribution in [3.63, 3.8) is 0 Å². The van der Waals surface area contributed by atoms with Gasteiger partial charge >= 0.3 is 7.12 Å². The van der Waals surface area contributed by atoms with Crippen molar-refractivity contribution in [1.82, 2.24) is 5.01 Å². The van der Waals surface area contributed by atoms with Crippen LogP contribution in [0.15, 0.2) is 109 Å². The van der Waals surface area contributed by atoms with Gasteiger partial charge in [-0.2, -0.15) is 5.01 Å². The summed E-state index contributed by atoms with van der Waals surface area (Å²) in [7, 11) is -1.82. The van der Waals surface area contributed by atoms with E-state index in [1.54, 1.807) is 48.5 Å². The Morgan fingerprint density at radius 3 is 2.27 bits per heavy atom. The van der Waals surface area contributed by atoms with E-state index in [9.17, 15) is 33.9 Å². The molecule has 1 saturated carbocycles. The van der Waals surface area contributed by atoms with Crippen molar-refractivity contribution in [3.05, 3.63) is 131 Å². The summed E-state index contributed by atoms with van der Waals surface area (Å²) in [5.74, 6) is -7.15. The first-order chi connectivity index (χ1) is 24.5. The largest absolute Gasteiger partial charge is 0.508 e. The SMILES string of the molecule is O=C1[C@@H]2C[C@@H]3C(=CC[C@@H]4C(=O)N(c5cccc(B(O)O)c5)C(=O)[C@@H]43)[C@H](c3ccccc3O)[C@]2(c2ccc(Cl)cc2)C(=O)N1Nc1ccc(F)cc1. The average Bonchev–Trinajstić information content (AvgIpc) is 3.50. The van der Waals surface area contributed by atoms with Crippen LogP contribution in [0.3, 0.4) is 0 Å². The molecule has 4 aromatic rings. The number of anilines is 2. The topological polar surface area (TPSA) is 147 Å². The molecule has 51 heavy (non-hydrogen) atoms. The molecule has 0 bridgehead atoms. The van der Waals surface area contributed by atoms with Gasteiger partial charge in [0.2, 0.25) is 11.8 Å². The van der Waals surface area contributed by atoms with Crippen molar-refractivity contribution in [2.45, 2.75) is 24.2 Å². The summed E-state index contributed by atoms with van der Waals surface area (Å²) >= 11 is 6.32. The Bertz CT molecular complexity index is 2150. The molecule has 0 unspecified atom stereocenters. The van der Waals surface area contributed by atoms with E-state index in [0.29, 0.717) is 27.4 Å². The molecule has 4 N–H and O–H groups in total. The number of amides is 4. The lowest BCUT2D eigenvalue weighted by molar-refractivity contribution is -0.138. The van der Waals surface area contributed by atoms with Crippen LogP contribution in [0.25, 0.3) is 0 Å². The second-order valence-corrected chi connectivity index (χ2v) is 13.8. The third-order valence-electron chi connectivity index (χ3n) is 10.9. The quantitative estimate of drug-likeness (QED) is 0.134. The highest BCUT2D eigenvalue weighted by atomic mass is 35.5. The molecule has 0 radical (unpaired) electrons. The average molecular weight is 706 g/mol. The van der Waals surface area contributed by atoms with Gasteiger partial charge < -0.3 is 15.2 Å². The maximum absolute atomic E-state index is 15.1. The minimum atomic E-state index is -1.82. The van der Waals surface area contributed by atoms with Crippen molar-refractivity contribution in [1.29, 1.82) is 0 Å². The Labute approximate surface area is 296 Å². The maximum Gasteiger partial charge on any atom is 0.488 e. The molecule has 4 aliphatic rings. The Balaban J connectivity index is 1.31. The van der Waals surface area contributed by atoms with Gasteiger partial charge in [-0.1, -0.05) is 65.7 Å². The molecular weight excluding hydrogens is 676 g/mol. The minimum Gasteiger partial charge on any atom is -0.508 e. The van der Waals surface area contributed by atoms with Crippen LogP contribution in [0.5, 0.6) is 5.75 Å². The zero-order valence-corrected chi connectivity index (χ0v) is 27.6. The summed E-state index contributed by atoms with van der Waals surface area (Å²) in [5, 5.41) is 32.3. The van der Waals surface area contributed by atoms with Crippen LogP contribution in [0, 0.1) is 29.5 Å². The number of halogens is 2. The van der Waals surface area contributed by atoms with Gasteiger partial charge in [-0.05, 0) is 84.4 Å². The van der Waals surface area contributed by atoms with E-state index < -0.39 is 71.6 Å². The second-order valence-electron chi connectivity index (χ2n) is 13.4. The number of carbonyl (C=O) groups excluding carboxylic acids is 4. The molecule has 2 aliphatic carbocycles. The number of allylic oxidation sites excluding steroid dienone is 2. The van der Waals surface area contributed by atoms with Gasteiger partial charge in [0.05, 0.1) is 34.5 Å². The number of hydrazine groups is 1. The lowest BCUT2D eigenvalue weighted by Crippen LogP contribution is -2.53. The number of nitrogens with zero attached hydrogens (tertiary/aromatic N) is 2. The van der Waals surface area contributed by atoms with Gasteiger partial charge in [-0.15, -0.1) is 0 Å². The molecule has 0 aromatic heterocycles. The lowest BCUT2D eigenvalue weighted by atomic mass is 9.49. The summed E-state index contributed by atoms with van der Waals surface area (Å²) in [6.07, 6.45) is 2.05. The number of hydrogen-bond donors (Lipinski definition) is 4. The fourth-order valence-corrected chi connectivity index (χ4v) is 8.94. The Hall–Kier alpha value is -5.30. The molecule has 0 spiro atoms. The normalized spacial score (nSPS) is 26.8. The summed E-state index contributed by atoms with van der Waals surface area (Å²) in [5.41, 5.74) is 3.35. The highest BCUT2D eigenvalue weighted by Crippen LogP contribution is 2.65. The first kappa shape index (κ1) is 32.9. The number of phenols is 1. The highest BCUT2D eigenvalue weighted by molar-refractivity contribution is 6.58. The zero-order valence-electron chi connectivity index (χ0n) is 26.8. The van der Waals surface area contributed by atoms with Gasteiger partial charge in [0.1, 0.15) is 11.6 Å². The first-order valence-electron chi connectivity index (χ1n) is 16.5. The first-order valence-corrected chi connectivity index (χ1v) is 16.9. The smallest absolute Gasteiger partial charge is 0.488 e. The molecule has 4 amide bonds. The molecule has 2 heterocycles. The number of hydrogen-bond acceptors (Lipinski definition) is 8. The van der Waals surface area contributed by atoms with E-state index in [0.717, 1.165) is 9.91 Å². The fourth-order valence-electron chi connectivity index (χ4n) is 8.81. The number of benzene rings is 4. The van der Waals surface area contributed by atoms with Gasteiger partial charge in [0.25, 0.3) is 11.8 Å². The van der Waals surface area contributed by atoms with E-state index in [1.807, 2.05) is 6.08 Å². The fraction of sp³-hybridized carbons (Fsp3) is 0.211. The van der Waals surface area contributed by atoms with Crippen molar-refractivity contribution in [3.8, 4) is 5.75 Å². The molecular formula is C38H30BClFN3O7. The highest BCUT2D eigenvalue weighted by Gasteiger charge is 2.70. The third-order valence-corrected chi connectivity index (χ3v) is 11.2. The maximum atomic E-state index is 15.1. The van der Waals surface area contributed by atoms with E-state index >= 15 is 4.79 Å². The second kappa shape index (κ2) is 12.2. The van der Waals surface area contributed by atoms with Crippen LogP contribution in [-0.2, 0) is 24.6 Å². The molecule has 8 rings (SSSR count). The zero-order chi connectivity index (χ0) is 35.8. The molecule has 4 aromatic carbocycles. The summed E-state index contributed by atoms with van der Waals surface area (Å²) in [6, 6.07) is 24.3. The number of imide groups is 2. The number of phenolic OH excluding ortho intramolecular Hbond substituents is 1. The Morgan fingerprint density at radius 1 is 0.843 bits per heavy atom. The molecule has 13 heteroatoms. The van der Waals surface area contributed by atoms with Crippen LogP contribution >= 0.6 is 11.6 Å². The summed E-state index contributed by atoms with van der Waals surface area (Å²) in [6.45, 7) is 0. The molecule has 10 nitrogen and oxygen atoms in total. The number of para-hydroxylation sites is 1. The van der Waals surface area contributed by atoms with Crippen LogP contribution in [0.2, 0.25) is 5.02 Å². The molecule has 2 saturated heterocycles. The number of rotatable bonds is 6. The van der Waals surface area contributed by atoms with Crippen molar-refractivity contribution < 1.29 is 38.7 Å². The summed E-state index contributed by atoms with van der Waals surface area (Å²) < 4.78 is 13.8. The number of fused-ring (bicyclic) bond motifs is 4.